The number of ether oxygens (including phenoxy) is 4. The molecule has 1 amide bonds. The monoisotopic (exact) mass is 391 g/mol. The molecule has 0 aliphatic carbocycles. The van der Waals surface area contributed by atoms with Gasteiger partial charge in [-0.05, 0) is 64.3 Å². The van der Waals surface area contributed by atoms with Crippen molar-refractivity contribution in [3.05, 3.63) is 29.8 Å². The summed E-state index contributed by atoms with van der Waals surface area (Å²) >= 11 is 0. The summed E-state index contributed by atoms with van der Waals surface area (Å²) in [5, 5.41) is 0. The van der Waals surface area contributed by atoms with Crippen molar-refractivity contribution in [3.8, 4) is 5.75 Å². The first-order chi connectivity index (χ1) is 13.2. The zero-order valence-corrected chi connectivity index (χ0v) is 17.0. The predicted molar refractivity (Wildman–Crippen MR) is 103 cm³/mol. The van der Waals surface area contributed by atoms with E-state index in [9.17, 15) is 9.59 Å². The number of hydrogen-bond acceptors (Lipinski definition) is 6. The molecule has 0 saturated carbocycles. The fourth-order valence-electron chi connectivity index (χ4n) is 3.62. The summed E-state index contributed by atoms with van der Waals surface area (Å²) in [6, 6.07) is 6.80. The van der Waals surface area contributed by atoms with Crippen LogP contribution in [0.2, 0.25) is 0 Å². The molecule has 0 radical (unpaired) electrons. The molecular formula is C21H29NO6. The van der Waals surface area contributed by atoms with Gasteiger partial charge in [0, 0.05) is 6.54 Å². The molecule has 28 heavy (non-hydrogen) atoms. The molecule has 2 atom stereocenters. The van der Waals surface area contributed by atoms with Gasteiger partial charge in [-0.15, -0.1) is 0 Å². The third-order valence-corrected chi connectivity index (χ3v) is 5.03. The Bertz CT molecular complexity index is 711. The largest absolute Gasteiger partial charge is 0.497 e. The maximum absolute atomic E-state index is 12.3. The maximum Gasteiger partial charge on any atom is 0.410 e. The van der Waals surface area contributed by atoms with Crippen molar-refractivity contribution >= 4 is 12.1 Å². The van der Waals surface area contributed by atoms with Crippen LogP contribution in [-0.4, -0.2) is 61.1 Å². The van der Waals surface area contributed by atoms with Crippen molar-refractivity contribution in [2.24, 2.45) is 0 Å². The Kier molecular flexibility index (Phi) is 5.84. The van der Waals surface area contributed by atoms with E-state index in [1.54, 1.807) is 36.3 Å². The fourth-order valence-corrected chi connectivity index (χ4v) is 3.62. The summed E-state index contributed by atoms with van der Waals surface area (Å²) < 4.78 is 22.2. The predicted octanol–water partition coefficient (Wildman–Crippen LogP) is 3.41. The zero-order chi connectivity index (χ0) is 20.4. The van der Waals surface area contributed by atoms with Crippen LogP contribution in [0.1, 0.15) is 50.4 Å². The number of likely N-dealkylation sites (tertiary alicyclic amines) is 1. The third kappa shape index (κ3) is 4.95. The van der Waals surface area contributed by atoms with Gasteiger partial charge in [0.15, 0.2) is 0 Å². The van der Waals surface area contributed by atoms with Crippen molar-refractivity contribution in [2.45, 2.75) is 57.3 Å². The van der Waals surface area contributed by atoms with E-state index in [0.29, 0.717) is 24.4 Å². The molecule has 2 heterocycles. The number of benzene rings is 1. The Balaban J connectivity index is 1.47. The van der Waals surface area contributed by atoms with E-state index in [0.717, 1.165) is 19.3 Å². The van der Waals surface area contributed by atoms with Gasteiger partial charge >= 0.3 is 12.1 Å². The van der Waals surface area contributed by atoms with Crippen LogP contribution < -0.4 is 4.74 Å². The molecule has 1 spiro atoms. The van der Waals surface area contributed by atoms with Gasteiger partial charge in [0.2, 0.25) is 0 Å². The van der Waals surface area contributed by atoms with Gasteiger partial charge in [0.1, 0.15) is 18.0 Å². The van der Waals surface area contributed by atoms with Crippen LogP contribution in [0.4, 0.5) is 4.79 Å². The maximum atomic E-state index is 12.3. The Morgan fingerprint density at radius 3 is 2.57 bits per heavy atom. The van der Waals surface area contributed by atoms with Gasteiger partial charge in [-0.2, -0.15) is 0 Å². The summed E-state index contributed by atoms with van der Waals surface area (Å²) in [4.78, 5) is 26.2. The highest BCUT2D eigenvalue weighted by Crippen LogP contribution is 2.38. The zero-order valence-electron chi connectivity index (χ0n) is 17.0. The highest BCUT2D eigenvalue weighted by Gasteiger charge is 2.47. The molecule has 7 nitrogen and oxygen atoms in total. The second-order valence-electron chi connectivity index (χ2n) is 8.44. The minimum Gasteiger partial charge on any atom is -0.497 e. The molecule has 154 valence electrons. The molecule has 7 heteroatoms. The lowest BCUT2D eigenvalue weighted by atomic mass is 9.99. The molecule has 0 N–H and O–H groups in total. The number of hydrogen-bond donors (Lipinski definition) is 0. The summed E-state index contributed by atoms with van der Waals surface area (Å²) in [5.41, 5.74) is -0.388. The quantitative estimate of drug-likeness (QED) is 0.733. The Labute approximate surface area is 165 Å². The summed E-state index contributed by atoms with van der Waals surface area (Å²) in [6.07, 6.45) is 1.97. The summed E-state index contributed by atoms with van der Waals surface area (Å²) in [7, 11) is 1.58. The molecular weight excluding hydrogens is 362 g/mol. The van der Waals surface area contributed by atoms with Crippen LogP contribution in [0.5, 0.6) is 5.75 Å². The molecule has 0 aromatic heterocycles. The van der Waals surface area contributed by atoms with E-state index >= 15 is 0 Å². The van der Waals surface area contributed by atoms with Crippen molar-refractivity contribution in [1.82, 2.24) is 4.90 Å². The molecule has 1 aromatic carbocycles. The van der Waals surface area contributed by atoms with E-state index in [1.165, 1.54) is 0 Å². The fraction of sp³-hybridized carbons (Fsp3) is 0.619. The third-order valence-electron chi connectivity index (χ3n) is 5.03. The Morgan fingerprint density at radius 1 is 1.21 bits per heavy atom. The highest BCUT2D eigenvalue weighted by molar-refractivity contribution is 5.89. The molecule has 0 bridgehead atoms. The number of rotatable bonds is 4. The van der Waals surface area contributed by atoms with Gasteiger partial charge in [-0.25, -0.2) is 9.59 Å². The molecule has 3 rings (SSSR count). The molecule has 0 unspecified atom stereocenters. The molecule has 2 aliphatic heterocycles. The van der Waals surface area contributed by atoms with Crippen LogP contribution >= 0.6 is 0 Å². The molecule has 2 aliphatic rings. The lowest BCUT2D eigenvalue weighted by Gasteiger charge is -2.27. The molecule has 2 saturated heterocycles. The van der Waals surface area contributed by atoms with Crippen molar-refractivity contribution in [3.63, 3.8) is 0 Å². The van der Waals surface area contributed by atoms with Crippen LogP contribution in [0.15, 0.2) is 24.3 Å². The highest BCUT2D eigenvalue weighted by atomic mass is 16.6. The summed E-state index contributed by atoms with van der Waals surface area (Å²) in [6.45, 7) is 6.92. The van der Waals surface area contributed by atoms with Crippen LogP contribution in [0.25, 0.3) is 0 Å². The summed E-state index contributed by atoms with van der Waals surface area (Å²) in [5.74, 6) is 0.308. The number of carbonyl (C=O) groups excluding carboxylic acids is 2. The first kappa shape index (κ1) is 20.5. The van der Waals surface area contributed by atoms with E-state index in [4.69, 9.17) is 18.9 Å². The average Bonchev–Trinajstić information content (AvgIpc) is 3.25. The van der Waals surface area contributed by atoms with Gasteiger partial charge in [-0.1, -0.05) is 0 Å². The standard InChI is InChI=1S/C21H29NO6/c1-20(2,3)28-19(24)22-12-11-21(14-22)10-9-17(27-21)13-26-18(23)15-5-7-16(25-4)8-6-15/h5-8,17H,9-14H2,1-4H3/t17-,21+/m1/s1. The van der Waals surface area contributed by atoms with Gasteiger partial charge < -0.3 is 23.8 Å². The first-order valence-electron chi connectivity index (χ1n) is 9.67. The smallest absolute Gasteiger partial charge is 0.410 e. The number of carbonyl (C=O) groups is 2. The normalized spacial score (nSPS) is 24.4. The van der Waals surface area contributed by atoms with Crippen molar-refractivity contribution in [1.29, 1.82) is 0 Å². The number of amides is 1. The van der Waals surface area contributed by atoms with Crippen molar-refractivity contribution in [2.75, 3.05) is 26.8 Å². The SMILES string of the molecule is COc1ccc(C(=O)OC[C@H]2CC[C@@]3(CCN(C(=O)OC(C)(C)C)C3)O2)cc1. The van der Waals surface area contributed by atoms with Gasteiger partial charge in [0.25, 0.3) is 0 Å². The second kappa shape index (κ2) is 7.99. The van der Waals surface area contributed by atoms with Gasteiger partial charge in [0.05, 0.1) is 30.9 Å². The molecule has 1 aromatic rings. The molecule has 2 fully saturated rings. The van der Waals surface area contributed by atoms with E-state index in [2.05, 4.69) is 0 Å². The lowest BCUT2D eigenvalue weighted by molar-refractivity contribution is -0.0583. The minimum atomic E-state index is -0.512. The van der Waals surface area contributed by atoms with Crippen molar-refractivity contribution < 1.29 is 28.5 Å². The van der Waals surface area contributed by atoms with E-state index < -0.39 is 5.60 Å². The number of nitrogens with zero attached hydrogens (tertiary/aromatic N) is 1. The van der Waals surface area contributed by atoms with E-state index in [1.807, 2.05) is 20.8 Å². The van der Waals surface area contributed by atoms with Crippen LogP contribution in [0, 0.1) is 0 Å². The number of methoxy groups -OCH3 is 1. The minimum absolute atomic E-state index is 0.152. The second-order valence-corrected chi connectivity index (χ2v) is 8.44. The van der Waals surface area contributed by atoms with Gasteiger partial charge in [-0.3, -0.25) is 0 Å². The topological polar surface area (TPSA) is 74.3 Å². The van der Waals surface area contributed by atoms with Crippen LogP contribution in [-0.2, 0) is 14.2 Å². The Hall–Kier alpha value is -2.28. The van der Waals surface area contributed by atoms with E-state index in [-0.39, 0.29) is 30.4 Å². The Morgan fingerprint density at radius 2 is 1.93 bits per heavy atom. The van der Waals surface area contributed by atoms with Crippen LogP contribution in [0.3, 0.4) is 0 Å². The number of esters is 1. The first-order valence-corrected chi connectivity index (χ1v) is 9.67. The average molecular weight is 391 g/mol. The lowest BCUT2D eigenvalue weighted by Crippen LogP contribution is -2.39.